The van der Waals surface area contributed by atoms with E-state index in [0.717, 1.165) is 17.8 Å². The highest BCUT2D eigenvalue weighted by atomic mass is 32.1. The molecule has 5 aromatic rings. The summed E-state index contributed by atoms with van der Waals surface area (Å²) in [6.07, 6.45) is 1.04. The Balaban J connectivity index is 1.35. The van der Waals surface area contributed by atoms with Crippen molar-refractivity contribution in [1.82, 2.24) is 29.8 Å². The van der Waals surface area contributed by atoms with Crippen LogP contribution >= 0.6 is 34.0 Å². The molecule has 0 aliphatic carbocycles. The Morgan fingerprint density at radius 3 is 2.39 bits per heavy atom. The molecule has 13 nitrogen and oxygen atoms in total. The monoisotopic (exact) mass is 722 g/mol. The van der Waals surface area contributed by atoms with Gasteiger partial charge in [-0.1, -0.05) is 0 Å². The summed E-state index contributed by atoms with van der Waals surface area (Å²) in [7, 11) is 1.28. The van der Waals surface area contributed by atoms with Crippen LogP contribution in [0.3, 0.4) is 0 Å². The molecule has 1 aliphatic heterocycles. The summed E-state index contributed by atoms with van der Waals surface area (Å²) in [4.78, 5) is 63.0. The first-order valence-corrected chi connectivity index (χ1v) is 18.1. The van der Waals surface area contributed by atoms with Crippen LogP contribution in [0.25, 0.3) is 44.2 Å². The van der Waals surface area contributed by atoms with Gasteiger partial charge in [0.05, 0.1) is 30.5 Å². The van der Waals surface area contributed by atoms with Crippen LogP contribution in [0.15, 0.2) is 32.7 Å². The third-order valence-electron chi connectivity index (χ3n) is 7.23. The second-order valence-electron chi connectivity index (χ2n) is 12.4. The number of oxazole rings is 1. The molecule has 6 heterocycles. The number of thiazole rings is 3. The predicted molar refractivity (Wildman–Crippen MR) is 185 cm³/mol. The van der Waals surface area contributed by atoms with Gasteiger partial charge in [0.15, 0.2) is 11.4 Å². The highest BCUT2D eigenvalue weighted by Crippen LogP contribution is 2.39. The fourth-order valence-electron chi connectivity index (χ4n) is 5.10. The second-order valence-corrected chi connectivity index (χ2v) is 15.0. The van der Waals surface area contributed by atoms with Gasteiger partial charge in [-0.3, -0.25) is 4.90 Å². The van der Waals surface area contributed by atoms with Crippen LogP contribution in [0.1, 0.15) is 85.2 Å². The molecule has 0 radical (unpaired) electrons. The first-order valence-electron chi connectivity index (χ1n) is 15.5. The van der Waals surface area contributed by atoms with E-state index < -0.39 is 17.5 Å². The van der Waals surface area contributed by atoms with Crippen LogP contribution in [-0.4, -0.2) is 73.2 Å². The number of carbonyl (C=O) groups is 3. The lowest BCUT2D eigenvalue weighted by Gasteiger charge is -2.27. The molecule has 5 aromatic heterocycles. The van der Waals surface area contributed by atoms with Gasteiger partial charge in [0.25, 0.3) is 0 Å². The molecule has 1 fully saturated rings. The summed E-state index contributed by atoms with van der Waals surface area (Å²) in [5.74, 6) is -0.670. The Morgan fingerprint density at radius 1 is 0.918 bits per heavy atom. The Labute approximate surface area is 294 Å². The summed E-state index contributed by atoms with van der Waals surface area (Å²) >= 11 is 4.13. The molecular weight excluding hydrogens is 689 g/mol. The van der Waals surface area contributed by atoms with Gasteiger partial charge in [-0.05, 0) is 66.5 Å². The lowest BCUT2D eigenvalue weighted by molar-refractivity contribution is 0.0223. The molecular formula is C33H34N6O7S3. The summed E-state index contributed by atoms with van der Waals surface area (Å²) in [5.41, 5.74) is 2.28. The van der Waals surface area contributed by atoms with E-state index in [9.17, 15) is 14.4 Å². The molecule has 49 heavy (non-hydrogen) atoms. The third-order valence-corrected chi connectivity index (χ3v) is 9.91. The minimum absolute atomic E-state index is 0.0575. The van der Waals surface area contributed by atoms with Gasteiger partial charge in [0, 0.05) is 22.7 Å². The molecule has 0 N–H and O–H groups in total. The number of ether oxygens (including phenoxy) is 3. The minimum atomic E-state index is -0.620. The maximum absolute atomic E-state index is 12.9. The number of carbonyl (C=O) groups excluding carboxylic acids is 3. The van der Waals surface area contributed by atoms with E-state index in [1.165, 1.54) is 41.1 Å². The number of pyridine rings is 1. The topological polar surface area (TPSA) is 160 Å². The van der Waals surface area contributed by atoms with E-state index in [1.807, 2.05) is 31.5 Å². The van der Waals surface area contributed by atoms with Crippen LogP contribution in [-0.2, 0) is 14.2 Å². The van der Waals surface area contributed by atoms with Crippen molar-refractivity contribution in [2.24, 2.45) is 0 Å². The highest BCUT2D eigenvalue weighted by Gasteiger charge is 2.35. The third kappa shape index (κ3) is 7.40. The van der Waals surface area contributed by atoms with E-state index in [2.05, 4.69) is 9.97 Å². The fourth-order valence-corrected chi connectivity index (χ4v) is 7.65. The van der Waals surface area contributed by atoms with Gasteiger partial charge in [0.1, 0.15) is 43.5 Å². The molecule has 1 amide bonds. The van der Waals surface area contributed by atoms with Gasteiger partial charge < -0.3 is 18.6 Å². The number of hydrogen-bond donors (Lipinski definition) is 0. The first kappa shape index (κ1) is 34.3. The standard InChI is InChI=1S/C33H34N6O7S3/c1-16(2)44-30(40)22-15-48-27(37-22)19-11-10-18(26-38-24(17(3)45-26)31(41)43-7)25(34-19)20-13-47-28(35-20)21-14-49-29(36-21)23-9-8-12-39(23)32(42)46-33(4,5)6/h10-11,13-16,23H,8-9,12H2,1-7H3/t23-/m0/s1. The lowest BCUT2D eigenvalue weighted by atomic mass is 10.1. The largest absolute Gasteiger partial charge is 0.464 e. The summed E-state index contributed by atoms with van der Waals surface area (Å²) in [5, 5.41) is 7.40. The predicted octanol–water partition coefficient (Wildman–Crippen LogP) is 7.84. The van der Waals surface area contributed by atoms with Gasteiger partial charge in [-0.25, -0.2) is 39.3 Å². The van der Waals surface area contributed by atoms with Crippen LogP contribution in [0.4, 0.5) is 4.79 Å². The molecule has 256 valence electrons. The number of nitrogens with zero attached hydrogens (tertiary/aromatic N) is 6. The van der Waals surface area contributed by atoms with Crippen LogP contribution in [0.2, 0.25) is 0 Å². The normalized spacial score (nSPS) is 14.8. The number of hydrogen-bond acceptors (Lipinski definition) is 15. The van der Waals surface area contributed by atoms with Crippen molar-refractivity contribution >= 4 is 52.0 Å². The van der Waals surface area contributed by atoms with Crippen molar-refractivity contribution in [2.45, 2.75) is 72.1 Å². The number of rotatable bonds is 8. The molecule has 16 heteroatoms. The average Bonchev–Trinajstić information content (AvgIpc) is 3.87. The van der Waals surface area contributed by atoms with E-state index >= 15 is 0 Å². The molecule has 1 saturated heterocycles. The highest BCUT2D eigenvalue weighted by molar-refractivity contribution is 7.14. The maximum atomic E-state index is 12.9. The van der Waals surface area contributed by atoms with Crippen molar-refractivity contribution in [3.63, 3.8) is 0 Å². The number of esters is 2. The molecule has 0 saturated carbocycles. The number of aryl methyl sites for hydroxylation is 1. The van der Waals surface area contributed by atoms with E-state index in [4.69, 9.17) is 33.6 Å². The van der Waals surface area contributed by atoms with Crippen LogP contribution in [0.5, 0.6) is 0 Å². The number of methoxy groups -OCH3 is 1. The van der Waals surface area contributed by atoms with E-state index in [1.54, 1.807) is 43.2 Å². The Bertz CT molecular complexity index is 2020. The molecule has 0 bridgehead atoms. The van der Waals surface area contributed by atoms with E-state index in [-0.39, 0.29) is 35.5 Å². The minimum Gasteiger partial charge on any atom is -0.464 e. The van der Waals surface area contributed by atoms with Crippen LogP contribution < -0.4 is 0 Å². The molecule has 0 unspecified atom stereocenters. The molecule has 1 atom stereocenters. The van der Waals surface area contributed by atoms with Crippen molar-refractivity contribution < 1.29 is 33.0 Å². The Hall–Kier alpha value is -4.54. The number of likely N-dealkylation sites (tertiary alicyclic amines) is 1. The number of amides is 1. The van der Waals surface area contributed by atoms with Crippen LogP contribution in [0, 0.1) is 6.92 Å². The van der Waals surface area contributed by atoms with Crippen molar-refractivity contribution in [3.8, 4) is 44.2 Å². The number of aromatic nitrogens is 5. The maximum Gasteiger partial charge on any atom is 0.410 e. The summed E-state index contributed by atoms with van der Waals surface area (Å²) < 4.78 is 21.7. The zero-order chi connectivity index (χ0) is 35.0. The van der Waals surface area contributed by atoms with Crippen molar-refractivity contribution in [1.29, 1.82) is 0 Å². The molecule has 6 rings (SSSR count). The summed E-state index contributed by atoms with van der Waals surface area (Å²) in [6, 6.07) is 3.34. The van der Waals surface area contributed by atoms with Gasteiger partial charge >= 0.3 is 18.0 Å². The van der Waals surface area contributed by atoms with Gasteiger partial charge in [-0.15, -0.1) is 34.0 Å². The molecule has 1 aliphatic rings. The molecule has 0 spiro atoms. The average molecular weight is 723 g/mol. The quantitative estimate of drug-likeness (QED) is 0.113. The molecule has 0 aromatic carbocycles. The van der Waals surface area contributed by atoms with Crippen molar-refractivity contribution in [2.75, 3.05) is 13.7 Å². The smallest absolute Gasteiger partial charge is 0.410 e. The lowest BCUT2D eigenvalue weighted by Crippen LogP contribution is -2.36. The van der Waals surface area contributed by atoms with Gasteiger partial charge in [-0.2, -0.15) is 0 Å². The summed E-state index contributed by atoms with van der Waals surface area (Å²) in [6.45, 7) is 11.3. The fraction of sp³-hybridized carbons (Fsp3) is 0.394. The zero-order valence-corrected chi connectivity index (χ0v) is 30.4. The van der Waals surface area contributed by atoms with E-state index in [0.29, 0.717) is 50.7 Å². The Kier molecular flexibility index (Phi) is 9.64. The van der Waals surface area contributed by atoms with Gasteiger partial charge in [0.2, 0.25) is 5.89 Å². The Morgan fingerprint density at radius 2 is 1.65 bits per heavy atom. The first-order chi connectivity index (χ1) is 23.3. The second kappa shape index (κ2) is 13.8. The zero-order valence-electron chi connectivity index (χ0n) is 27.9. The SMILES string of the molecule is COC(=O)c1nc(-c2ccc(-c3nc(C(=O)OC(C)C)cs3)nc2-c2csc(-c3csc([C@@H]4CCCN4C(=O)OC(C)(C)C)n3)n2)oc1C. The van der Waals surface area contributed by atoms with Crippen molar-refractivity contribution in [3.05, 3.63) is 50.4 Å².